The first-order chi connectivity index (χ1) is 17.2. The van der Waals surface area contributed by atoms with Gasteiger partial charge in [0, 0.05) is 26.2 Å². The number of primary sulfonamides is 1. The number of anilines is 1. The van der Waals surface area contributed by atoms with Gasteiger partial charge in [0.25, 0.3) is 6.43 Å². The van der Waals surface area contributed by atoms with E-state index in [4.69, 9.17) is 14.6 Å². The van der Waals surface area contributed by atoms with E-state index in [9.17, 15) is 17.2 Å². The molecule has 1 unspecified atom stereocenters. The summed E-state index contributed by atoms with van der Waals surface area (Å²) in [6.07, 6.45) is -2.50. The number of nitrogens with two attached hydrogens (primary N) is 1. The lowest BCUT2D eigenvalue weighted by molar-refractivity contribution is 0.122. The number of para-hydroxylation sites is 1. The topological polar surface area (TPSA) is 142 Å². The summed E-state index contributed by atoms with van der Waals surface area (Å²) >= 11 is 0. The van der Waals surface area contributed by atoms with Crippen molar-refractivity contribution in [3.8, 4) is 11.7 Å². The number of ether oxygens (including phenoxy) is 2. The van der Waals surface area contributed by atoms with Crippen LogP contribution in [-0.2, 0) is 21.3 Å². The summed E-state index contributed by atoms with van der Waals surface area (Å²) in [6, 6.07) is 4.96. The van der Waals surface area contributed by atoms with E-state index >= 15 is 0 Å². The zero-order valence-corrected chi connectivity index (χ0v) is 20.4. The summed E-state index contributed by atoms with van der Waals surface area (Å²) in [6.45, 7) is 2.94. The number of nitrogens with zero attached hydrogens (tertiary/aromatic N) is 7. The molecule has 1 aromatic carbocycles. The van der Waals surface area contributed by atoms with Gasteiger partial charge < -0.3 is 14.4 Å². The fraction of sp³-hybridized carbons (Fsp3) is 0.524. The Morgan fingerprint density at radius 2 is 1.89 bits per heavy atom. The Kier molecular flexibility index (Phi) is 6.72. The van der Waals surface area contributed by atoms with Gasteiger partial charge in [-0.2, -0.15) is 15.0 Å². The summed E-state index contributed by atoms with van der Waals surface area (Å²) in [5.74, 6) is 0.471. The van der Waals surface area contributed by atoms with Crippen LogP contribution in [0.25, 0.3) is 17.0 Å². The lowest BCUT2D eigenvalue weighted by atomic mass is 10.3. The van der Waals surface area contributed by atoms with Gasteiger partial charge in [-0.25, -0.2) is 27.3 Å². The number of rotatable bonds is 7. The van der Waals surface area contributed by atoms with Crippen LogP contribution in [0.5, 0.6) is 5.75 Å². The largest absolute Gasteiger partial charge is 0.494 e. The van der Waals surface area contributed by atoms with Crippen LogP contribution in [0.1, 0.15) is 24.5 Å². The van der Waals surface area contributed by atoms with E-state index in [-0.39, 0.29) is 24.6 Å². The van der Waals surface area contributed by atoms with Crippen LogP contribution in [-0.4, -0.2) is 89.6 Å². The fourth-order valence-electron chi connectivity index (χ4n) is 4.49. The number of methoxy groups -OCH3 is 1. The van der Waals surface area contributed by atoms with Crippen molar-refractivity contribution >= 4 is 27.0 Å². The number of alkyl halides is 2. The molecular weight excluding hydrogens is 498 g/mol. The average Bonchev–Trinajstić information content (AvgIpc) is 3.49. The zero-order valence-electron chi connectivity index (χ0n) is 19.5. The molecule has 3 aromatic rings. The molecule has 2 aliphatic heterocycles. The van der Waals surface area contributed by atoms with Crippen molar-refractivity contribution in [1.82, 2.24) is 29.4 Å². The molecule has 1 atom stereocenters. The van der Waals surface area contributed by atoms with Gasteiger partial charge in [-0.1, -0.05) is 6.07 Å². The maximum absolute atomic E-state index is 14.1. The van der Waals surface area contributed by atoms with E-state index in [0.717, 1.165) is 0 Å². The Bertz CT molecular complexity index is 1360. The van der Waals surface area contributed by atoms with Gasteiger partial charge in [0.1, 0.15) is 17.1 Å². The molecule has 0 aliphatic carbocycles. The van der Waals surface area contributed by atoms with Gasteiger partial charge in [-0.05, 0) is 18.6 Å². The maximum Gasteiger partial charge on any atom is 0.296 e. The minimum atomic E-state index is -3.67. The lowest BCUT2D eigenvalue weighted by Crippen LogP contribution is -2.38. The highest BCUT2D eigenvalue weighted by atomic mass is 32.2. The molecule has 5 rings (SSSR count). The van der Waals surface area contributed by atoms with E-state index < -0.39 is 27.5 Å². The number of hydrogen-bond donors (Lipinski definition) is 1. The van der Waals surface area contributed by atoms with Gasteiger partial charge in [0.15, 0.2) is 5.82 Å². The predicted octanol–water partition coefficient (Wildman–Crippen LogP) is 0.856. The van der Waals surface area contributed by atoms with Crippen molar-refractivity contribution in [3.63, 3.8) is 0 Å². The number of imidazole rings is 1. The number of likely N-dealkylation sites (tertiary alicyclic amines) is 1. The van der Waals surface area contributed by atoms with Gasteiger partial charge in [0.2, 0.25) is 21.9 Å². The number of fused-ring (bicyclic) bond motifs is 1. The number of sulfonamides is 1. The molecule has 2 fully saturated rings. The minimum Gasteiger partial charge on any atom is -0.494 e. The highest BCUT2D eigenvalue weighted by Gasteiger charge is 2.32. The van der Waals surface area contributed by atoms with Crippen LogP contribution < -0.4 is 14.8 Å². The second-order valence-corrected chi connectivity index (χ2v) is 10.5. The van der Waals surface area contributed by atoms with Crippen molar-refractivity contribution in [2.45, 2.75) is 24.6 Å². The van der Waals surface area contributed by atoms with Gasteiger partial charge in [-0.15, -0.1) is 0 Å². The highest BCUT2D eigenvalue weighted by Crippen LogP contribution is 2.32. The van der Waals surface area contributed by atoms with Gasteiger partial charge in [0.05, 0.1) is 37.6 Å². The van der Waals surface area contributed by atoms with Crippen LogP contribution in [0.2, 0.25) is 0 Å². The van der Waals surface area contributed by atoms with Crippen LogP contribution in [0.15, 0.2) is 18.2 Å². The van der Waals surface area contributed by atoms with Gasteiger partial charge in [-0.3, -0.25) is 9.47 Å². The zero-order chi connectivity index (χ0) is 25.4. The molecule has 0 amide bonds. The third kappa shape index (κ3) is 4.83. The molecule has 0 spiro atoms. The van der Waals surface area contributed by atoms with E-state index in [1.807, 2.05) is 9.80 Å². The standard InChI is InChI=1S/C21H26F2N8O4S/c1-34-15-4-2-3-14-17(15)27-19(18(22)23)31(14)21-26-16(12-29-6-5-13(11-29)36(24,32)33)25-20(28-21)30-7-9-35-10-8-30/h2-4,13,18H,5-12H2,1H3,(H2,24,32,33). The van der Waals surface area contributed by atoms with Crippen molar-refractivity contribution in [3.05, 3.63) is 29.8 Å². The summed E-state index contributed by atoms with van der Waals surface area (Å²) in [4.78, 5) is 21.6. The molecule has 36 heavy (non-hydrogen) atoms. The molecule has 194 valence electrons. The second kappa shape index (κ2) is 9.80. The molecule has 0 radical (unpaired) electrons. The Morgan fingerprint density at radius 1 is 1.14 bits per heavy atom. The molecule has 0 bridgehead atoms. The van der Waals surface area contributed by atoms with Crippen molar-refractivity contribution < 1.29 is 26.7 Å². The Balaban J connectivity index is 1.60. The number of benzene rings is 1. The summed E-state index contributed by atoms with van der Waals surface area (Å²) in [5, 5.41) is 4.65. The molecule has 15 heteroatoms. The van der Waals surface area contributed by atoms with Crippen molar-refractivity contribution in [2.75, 3.05) is 51.4 Å². The Labute approximate surface area is 206 Å². The van der Waals surface area contributed by atoms with Crippen LogP contribution in [0, 0.1) is 0 Å². The smallest absolute Gasteiger partial charge is 0.296 e. The normalized spacial score (nSPS) is 19.5. The van der Waals surface area contributed by atoms with E-state index in [1.54, 1.807) is 18.2 Å². The predicted molar refractivity (Wildman–Crippen MR) is 126 cm³/mol. The highest BCUT2D eigenvalue weighted by molar-refractivity contribution is 7.89. The first-order valence-corrected chi connectivity index (χ1v) is 13.0. The number of hydrogen-bond acceptors (Lipinski definition) is 10. The third-order valence-corrected chi connectivity index (χ3v) is 7.61. The minimum absolute atomic E-state index is 0.00487. The Morgan fingerprint density at radius 3 is 2.56 bits per heavy atom. The fourth-order valence-corrected chi connectivity index (χ4v) is 5.35. The SMILES string of the molecule is COc1cccc2c1nc(C(F)F)n2-c1nc(CN2CCC(S(N)(=O)=O)C2)nc(N2CCOCC2)n1. The summed E-state index contributed by atoms with van der Waals surface area (Å²) in [7, 11) is -2.22. The molecule has 2 saturated heterocycles. The number of morpholine rings is 1. The summed E-state index contributed by atoms with van der Waals surface area (Å²) < 4.78 is 63.8. The lowest BCUT2D eigenvalue weighted by Gasteiger charge is -2.27. The molecule has 2 N–H and O–H groups in total. The van der Waals surface area contributed by atoms with Gasteiger partial charge >= 0.3 is 0 Å². The van der Waals surface area contributed by atoms with E-state index in [1.165, 1.54) is 11.7 Å². The number of aromatic nitrogens is 5. The molecule has 2 aromatic heterocycles. The summed E-state index contributed by atoms with van der Waals surface area (Å²) in [5.41, 5.74) is 0.630. The molecule has 0 saturated carbocycles. The molecule has 12 nitrogen and oxygen atoms in total. The van der Waals surface area contributed by atoms with E-state index in [2.05, 4.69) is 19.9 Å². The van der Waals surface area contributed by atoms with E-state index in [0.29, 0.717) is 62.3 Å². The quantitative estimate of drug-likeness (QED) is 0.473. The molecule has 2 aliphatic rings. The van der Waals surface area contributed by atoms with Crippen LogP contribution in [0.3, 0.4) is 0 Å². The van der Waals surface area contributed by atoms with Crippen LogP contribution in [0.4, 0.5) is 14.7 Å². The van der Waals surface area contributed by atoms with Crippen molar-refractivity contribution in [2.24, 2.45) is 5.14 Å². The first kappa shape index (κ1) is 24.7. The first-order valence-electron chi connectivity index (χ1n) is 11.4. The Hall–Kier alpha value is -3.01. The van der Waals surface area contributed by atoms with Crippen LogP contribution >= 0.6 is 0 Å². The maximum atomic E-state index is 14.1. The third-order valence-electron chi connectivity index (χ3n) is 6.30. The number of halogens is 2. The molecular formula is C21H26F2N8O4S. The monoisotopic (exact) mass is 524 g/mol. The average molecular weight is 525 g/mol. The second-order valence-electron chi connectivity index (χ2n) is 8.62. The van der Waals surface area contributed by atoms with Crippen molar-refractivity contribution in [1.29, 1.82) is 0 Å². The molecule has 4 heterocycles.